The van der Waals surface area contributed by atoms with Crippen LogP contribution in [0.4, 0.5) is 13.2 Å². The average molecular weight is 412 g/mol. The van der Waals surface area contributed by atoms with Gasteiger partial charge in [-0.25, -0.2) is 4.98 Å². The molecule has 2 aromatic heterocycles. The summed E-state index contributed by atoms with van der Waals surface area (Å²) in [5, 5.41) is 25.3. The van der Waals surface area contributed by atoms with Crippen LogP contribution in [-0.2, 0) is 12.6 Å². The lowest BCUT2D eigenvalue weighted by Crippen LogP contribution is -2.08. The summed E-state index contributed by atoms with van der Waals surface area (Å²) in [5.74, 6) is 0.305. The quantitative estimate of drug-likeness (QED) is 0.707. The Morgan fingerprint density at radius 2 is 1.81 bits per heavy atom. The fourth-order valence-electron chi connectivity index (χ4n) is 2.24. The number of imidazole rings is 1. The second kappa shape index (κ2) is 6.91. The van der Waals surface area contributed by atoms with E-state index >= 15 is 0 Å². The standard InChI is InChI=1S/C15H6Cl2F3N7/c16-9-1-7(15(18,19)20)2-10(17)14(9)27-23-6-8(26-27)3-13-24-11(4-21)12(5-22)25-13/h1-2,6H,3H2,(H,24,25). The van der Waals surface area contributed by atoms with Crippen LogP contribution in [0.15, 0.2) is 18.3 Å². The Hall–Kier alpha value is -3.08. The van der Waals surface area contributed by atoms with E-state index in [0.717, 1.165) is 16.9 Å². The molecule has 12 heteroatoms. The van der Waals surface area contributed by atoms with Crippen molar-refractivity contribution in [1.29, 1.82) is 10.5 Å². The van der Waals surface area contributed by atoms with Gasteiger partial charge in [-0.3, -0.25) is 0 Å². The van der Waals surface area contributed by atoms with Crippen LogP contribution in [0.5, 0.6) is 0 Å². The van der Waals surface area contributed by atoms with Gasteiger partial charge in [0.25, 0.3) is 0 Å². The van der Waals surface area contributed by atoms with Gasteiger partial charge < -0.3 is 4.98 Å². The molecule has 0 saturated carbocycles. The average Bonchev–Trinajstić information content (AvgIpc) is 3.20. The Morgan fingerprint density at radius 1 is 1.15 bits per heavy atom. The molecule has 0 amide bonds. The summed E-state index contributed by atoms with van der Waals surface area (Å²) < 4.78 is 38.4. The zero-order valence-electron chi connectivity index (χ0n) is 13.0. The van der Waals surface area contributed by atoms with E-state index in [1.54, 1.807) is 6.07 Å². The minimum Gasteiger partial charge on any atom is -0.332 e. The molecule has 0 fully saturated rings. The number of nitrogens with one attached hydrogen (secondary N) is 1. The Morgan fingerprint density at radius 3 is 2.33 bits per heavy atom. The summed E-state index contributed by atoms with van der Waals surface area (Å²) in [7, 11) is 0. The van der Waals surface area contributed by atoms with Crippen LogP contribution in [0.25, 0.3) is 5.69 Å². The van der Waals surface area contributed by atoms with Gasteiger partial charge in [0, 0.05) is 0 Å². The fraction of sp³-hybridized carbons (Fsp3) is 0.133. The first-order valence-corrected chi connectivity index (χ1v) is 7.85. The number of halogens is 5. The van der Waals surface area contributed by atoms with Crippen LogP contribution < -0.4 is 0 Å². The van der Waals surface area contributed by atoms with Gasteiger partial charge in [-0.05, 0) is 12.1 Å². The number of aromatic nitrogens is 5. The maximum atomic E-state index is 12.8. The van der Waals surface area contributed by atoms with E-state index in [2.05, 4.69) is 20.2 Å². The van der Waals surface area contributed by atoms with Gasteiger partial charge in [-0.1, -0.05) is 23.2 Å². The topological polar surface area (TPSA) is 107 Å². The highest BCUT2D eigenvalue weighted by Gasteiger charge is 2.32. The van der Waals surface area contributed by atoms with E-state index in [4.69, 9.17) is 33.7 Å². The molecule has 3 rings (SSSR count). The van der Waals surface area contributed by atoms with E-state index in [0.29, 0.717) is 11.5 Å². The van der Waals surface area contributed by atoms with Crippen LogP contribution >= 0.6 is 23.2 Å². The van der Waals surface area contributed by atoms with Crippen molar-refractivity contribution in [3.63, 3.8) is 0 Å². The molecule has 7 nitrogen and oxygen atoms in total. The summed E-state index contributed by atoms with van der Waals surface area (Å²) in [6.07, 6.45) is -3.15. The third kappa shape index (κ3) is 3.72. The van der Waals surface area contributed by atoms with Gasteiger partial charge in [-0.2, -0.15) is 33.9 Å². The zero-order valence-corrected chi connectivity index (χ0v) is 14.5. The Balaban J connectivity index is 1.92. The molecule has 1 aromatic carbocycles. The predicted octanol–water partition coefficient (Wildman–Crippen LogP) is 3.65. The van der Waals surface area contributed by atoms with Crippen molar-refractivity contribution in [2.75, 3.05) is 0 Å². The maximum absolute atomic E-state index is 12.8. The van der Waals surface area contributed by atoms with Gasteiger partial charge in [0.2, 0.25) is 0 Å². The summed E-state index contributed by atoms with van der Waals surface area (Å²) in [6.45, 7) is 0. The largest absolute Gasteiger partial charge is 0.416 e. The normalized spacial score (nSPS) is 11.2. The van der Waals surface area contributed by atoms with Crippen LogP contribution in [0.2, 0.25) is 10.0 Å². The third-order valence-electron chi connectivity index (χ3n) is 3.40. The Bertz CT molecular complexity index is 1050. The molecule has 0 unspecified atom stereocenters. The fourth-order valence-corrected chi connectivity index (χ4v) is 2.88. The van der Waals surface area contributed by atoms with E-state index in [1.807, 2.05) is 6.07 Å². The van der Waals surface area contributed by atoms with Crippen molar-refractivity contribution in [3.05, 3.63) is 56.8 Å². The van der Waals surface area contributed by atoms with Crippen molar-refractivity contribution in [2.45, 2.75) is 12.6 Å². The van der Waals surface area contributed by atoms with Gasteiger partial charge >= 0.3 is 6.18 Å². The molecule has 0 aliphatic heterocycles. The Labute approximate surface area is 159 Å². The third-order valence-corrected chi connectivity index (χ3v) is 3.98. The molecule has 0 aliphatic carbocycles. The first-order valence-electron chi connectivity index (χ1n) is 7.10. The highest BCUT2D eigenvalue weighted by molar-refractivity contribution is 6.37. The van der Waals surface area contributed by atoms with Crippen LogP contribution in [0.1, 0.15) is 28.5 Å². The number of H-pyrrole nitrogens is 1. The van der Waals surface area contributed by atoms with Crippen LogP contribution in [0, 0.1) is 22.7 Å². The number of benzene rings is 1. The number of aromatic amines is 1. The SMILES string of the molecule is N#Cc1nc(Cc2cnn(-c3c(Cl)cc(C(F)(F)F)cc3Cl)n2)[nH]c1C#N. The molecule has 1 N–H and O–H groups in total. The number of nitriles is 2. The Kier molecular flexibility index (Phi) is 4.79. The molecular weight excluding hydrogens is 406 g/mol. The number of hydrogen-bond donors (Lipinski definition) is 1. The molecule has 2 heterocycles. The summed E-state index contributed by atoms with van der Waals surface area (Å²) in [6, 6.07) is 5.06. The maximum Gasteiger partial charge on any atom is 0.416 e. The van der Waals surface area contributed by atoms with Crippen molar-refractivity contribution in [2.24, 2.45) is 0 Å². The van der Waals surface area contributed by atoms with Gasteiger partial charge in [0.15, 0.2) is 11.4 Å². The highest BCUT2D eigenvalue weighted by Crippen LogP contribution is 2.37. The molecular formula is C15H6Cl2F3N7. The number of hydrogen-bond acceptors (Lipinski definition) is 5. The van der Waals surface area contributed by atoms with Crippen molar-refractivity contribution in [1.82, 2.24) is 25.0 Å². The molecule has 0 spiro atoms. The predicted molar refractivity (Wildman–Crippen MR) is 87.2 cm³/mol. The van der Waals surface area contributed by atoms with Crippen LogP contribution in [0.3, 0.4) is 0 Å². The lowest BCUT2D eigenvalue weighted by Gasteiger charge is -2.11. The summed E-state index contributed by atoms with van der Waals surface area (Å²) in [5.41, 5.74) is -0.656. The molecule has 3 aromatic rings. The molecule has 0 bridgehead atoms. The van der Waals surface area contributed by atoms with Crippen molar-refractivity contribution in [3.8, 4) is 17.8 Å². The van der Waals surface area contributed by atoms with E-state index < -0.39 is 11.7 Å². The van der Waals surface area contributed by atoms with E-state index in [9.17, 15) is 13.2 Å². The molecule has 0 saturated heterocycles. The molecule has 0 aliphatic rings. The van der Waals surface area contributed by atoms with E-state index in [-0.39, 0.29) is 33.5 Å². The smallest absolute Gasteiger partial charge is 0.332 e. The number of nitrogens with zero attached hydrogens (tertiary/aromatic N) is 6. The minimum atomic E-state index is -4.59. The first kappa shape index (κ1) is 18.7. The molecule has 27 heavy (non-hydrogen) atoms. The van der Waals surface area contributed by atoms with Gasteiger partial charge in [0.05, 0.1) is 33.9 Å². The minimum absolute atomic E-state index is 0.00699. The molecule has 0 atom stereocenters. The molecule has 0 radical (unpaired) electrons. The number of alkyl halides is 3. The van der Waals surface area contributed by atoms with Crippen molar-refractivity contribution < 1.29 is 13.2 Å². The van der Waals surface area contributed by atoms with E-state index in [1.165, 1.54) is 6.20 Å². The first-order chi connectivity index (χ1) is 12.7. The number of rotatable bonds is 3. The van der Waals surface area contributed by atoms with Crippen molar-refractivity contribution >= 4 is 23.2 Å². The second-order valence-electron chi connectivity index (χ2n) is 5.22. The summed E-state index contributed by atoms with van der Waals surface area (Å²) in [4.78, 5) is 7.63. The monoisotopic (exact) mass is 411 g/mol. The van der Waals surface area contributed by atoms with Gasteiger partial charge in [-0.15, -0.1) is 4.80 Å². The lowest BCUT2D eigenvalue weighted by atomic mass is 10.2. The van der Waals surface area contributed by atoms with Gasteiger partial charge in [0.1, 0.15) is 23.7 Å². The molecule has 136 valence electrons. The highest BCUT2D eigenvalue weighted by atomic mass is 35.5. The zero-order chi connectivity index (χ0) is 19.8. The second-order valence-corrected chi connectivity index (χ2v) is 6.03. The van der Waals surface area contributed by atoms with Crippen LogP contribution in [-0.4, -0.2) is 25.0 Å². The lowest BCUT2D eigenvalue weighted by molar-refractivity contribution is -0.137. The summed E-state index contributed by atoms with van der Waals surface area (Å²) >= 11 is 11.9.